The van der Waals surface area contributed by atoms with Crippen LogP contribution in [0.2, 0.25) is 0 Å². The molecule has 20 heavy (non-hydrogen) atoms. The fourth-order valence-electron chi connectivity index (χ4n) is 2.39. The van der Waals surface area contributed by atoms with Gasteiger partial charge in [0.1, 0.15) is 0 Å². The molecule has 0 amide bonds. The van der Waals surface area contributed by atoms with E-state index >= 15 is 0 Å². The minimum Gasteiger partial charge on any atom is -0.484 e. The molecule has 1 saturated heterocycles. The van der Waals surface area contributed by atoms with E-state index in [0.29, 0.717) is 6.54 Å². The number of nitrogens with zero attached hydrogens (tertiary/aromatic N) is 2. The summed E-state index contributed by atoms with van der Waals surface area (Å²) in [5.74, 6) is 0.280. The molecule has 1 aliphatic rings. The number of aliphatic hydroxyl groups excluding tert-OH is 1. The third-order valence-corrected chi connectivity index (χ3v) is 3.26. The lowest BCUT2D eigenvalue weighted by atomic mass is 10.1. The predicted molar refractivity (Wildman–Crippen MR) is 76.3 cm³/mol. The fraction of sp³-hybridized carbons (Fsp3) is 0.571. The Morgan fingerprint density at radius 1 is 1.50 bits per heavy atom. The number of β-amino-alcohol motifs (C(OH)–C–C–N with tert-alkyl or cyclic N) is 1. The van der Waals surface area contributed by atoms with Crippen LogP contribution in [-0.2, 0) is 0 Å². The number of piperidine rings is 1. The van der Waals surface area contributed by atoms with E-state index in [2.05, 4.69) is 0 Å². The molecule has 1 heterocycles. The molecule has 0 radical (unpaired) electrons. The molecule has 1 unspecified atom stereocenters. The van der Waals surface area contributed by atoms with Crippen molar-refractivity contribution in [1.82, 2.24) is 0 Å². The molecule has 6 heteroatoms. The van der Waals surface area contributed by atoms with Gasteiger partial charge in [0, 0.05) is 30.9 Å². The summed E-state index contributed by atoms with van der Waals surface area (Å²) < 4.78 is 5.53. The average Bonchev–Trinajstić information content (AvgIpc) is 2.37. The molecule has 1 atom stereocenters. The van der Waals surface area contributed by atoms with Crippen LogP contribution in [0, 0.1) is 10.1 Å². The predicted octanol–water partition coefficient (Wildman–Crippen LogP) is 2.34. The Kier molecular flexibility index (Phi) is 4.44. The molecular weight excluding hydrogens is 260 g/mol. The first kappa shape index (κ1) is 14.6. The maximum Gasteiger partial charge on any atom is 0.311 e. The molecule has 1 aromatic rings. The molecular formula is C14H20N2O4. The second kappa shape index (κ2) is 6.09. The minimum atomic E-state index is -0.438. The quantitative estimate of drug-likeness (QED) is 0.676. The number of ether oxygens (including phenoxy) is 1. The van der Waals surface area contributed by atoms with Crippen LogP contribution in [0.25, 0.3) is 0 Å². The van der Waals surface area contributed by atoms with Crippen molar-refractivity contribution < 1.29 is 14.8 Å². The first-order valence-electron chi connectivity index (χ1n) is 6.85. The van der Waals surface area contributed by atoms with Crippen molar-refractivity contribution in [2.75, 3.05) is 18.0 Å². The second-order valence-corrected chi connectivity index (χ2v) is 5.32. The highest BCUT2D eigenvalue weighted by molar-refractivity contribution is 5.59. The van der Waals surface area contributed by atoms with Crippen LogP contribution < -0.4 is 9.64 Å². The number of nitro benzene ring substituents is 1. The number of aliphatic hydroxyl groups is 1. The largest absolute Gasteiger partial charge is 0.484 e. The highest BCUT2D eigenvalue weighted by Gasteiger charge is 2.22. The zero-order valence-corrected chi connectivity index (χ0v) is 11.8. The molecule has 0 saturated carbocycles. The Labute approximate surface area is 118 Å². The van der Waals surface area contributed by atoms with E-state index in [1.165, 1.54) is 6.07 Å². The molecule has 1 aromatic carbocycles. The highest BCUT2D eigenvalue weighted by Crippen LogP contribution is 2.33. The van der Waals surface area contributed by atoms with Crippen molar-refractivity contribution in [2.24, 2.45) is 0 Å². The van der Waals surface area contributed by atoms with Crippen LogP contribution in [0.3, 0.4) is 0 Å². The normalized spacial score (nSPS) is 19.2. The summed E-state index contributed by atoms with van der Waals surface area (Å²) in [5, 5.41) is 20.7. The summed E-state index contributed by atoms with van der Waals surface area (Å²) in [4.78, 5) is 12.6. The maximum atomic E-state index is 11.0. The van der Waals surface area contributed by atoms with E-state index in [-0.39, 0.29) is 23.6 Å². The fourth-order valence-corrected chi connectivity index (χ4v) is 2.39. The first-order valence-corrected chi connectivity index (χ1v) is 6.85. The van der Waals surface area contributed by atoms with Crippen LogP contribution in [0.5, 0.6) is 5.75 Å². The Hall–Kier alpha value is -1.82. The molecule has 110 valence electrons. The third-order valence-electron chi connectivity index (χ3n) is 3.26. The van der Waals surface area contributed by atoms with Gasteiger partial charge < -0.3 is 14.7 Å². The molecule has 1 N–H and O–H groups in total. The second-order valence-electron chi connectivity index (χ2n) is 5.32. The summed E-state index contributed by atoms with van der Waals surface area (Å²) in [6.45, 7) is 5.07. The number of anilines is 1. The smallest absolute Gasteiger partial charge is 0.311 e. The number of rotatable bonds is 4. The highest BCUT2D eigenvalue weighted by atomic mass is 16.6. The lowest BCUT2D eigenvalue weighted by Crippen LogP contribution is -2.38. The van der Waals surface area contributed by atoms with Crippen molar-refractivity contribution in [2.45, 2.75) is 38.9 Å². The van der Waals surface area contributed by atoms with Crippen molar-refractivity contribution in [3.8, 4) is 5.75 Å². The van der Waals surface area contributed by atoms with Gasteiger partial charge in [0.05, 0.1) is 17.1 Å². The van der Waals surface area contributed by atoms with Crippen molar-refractivity contribution >= 4 is 11.4 Å². The summed E-state index contributed by atoms with van der Waals surface area (Å²) >= 11 is 0. The van der Waals surface area contributed by atoms with E-state index in [4.69, 9.17) is 4.74 Å². The van der Waals surface area contributed by atoms with Gasteiger partial charge in [-0.15, -0.1) is 0 Å². The van der Waals surface area contributed by atoms with Crippen LogP contribution in [0.15, 0.2) is 18.2 Å². The molecule has 1 fully saturated rings. The zero-order chi connectivity index (χ0) is 14.7. The Morgan fingerprint density at radius 3 is 2.85 bits per heavy atom. The van der Waals surface area contributed by atoms with Gasteiger partial charge in [0.25, 0.3) is 0 Å². The molecule has 1 aliphatic heterocycles. The van der Waals surface area contributed by atoms with E-state index in [1.54, 1.807) is 12.1 Å². The third kappa shape index (κ3) is 3.39. The van der Waals surface area contributed by atoms with Gasteiger partial charge in [-0.3, -0.25) is 10.1 Å². The monoisotopic (exact) mass is 280 g/mol. The number of hydrogen-bond donors (Lipinski definition) is 1. The van der Waals surface area contributed by atoms with Crippen LogP contribution in [0.1, 0.15) is 26.7 Å². The molecule has 0 bridgehead atoms. The Bertz CT molecular complexity index is 490. The summed E-state index contributed by atoms with van der Waals surface area (Å²) in [5.41, 5.74) is 0.824. The van der Waals surface area contributed by atoms with Gasteiger partial charge in [-0.05, 0) is 32.8 Å². The lowest BCUT2D eigenvalue weighted by Gasteiger charge is -2.32. The lowest BCUT2D eigenvalue weighted by molar-refractivity contribution is -0.386. The SMILES string of the molecule is CC(C)Oc1cc(N2CCCC(O)C2)ccc1[N+](=O)[O-]. The molecule has 0 spiro atoms. The van der Waals surface area contributed by atoms with Crippen LogP contribution in [-0.4, -0.2) is 35.3 Å². The van der Waals surface area contributed by atoms with Gasteiger partial charge in [-0.1, -0.05) is 0 Å². The van der Waals surface area contributed by atoms with Crippen molar-refractivity contribution in [3.63, 3.8) is 0 Å². The number of benzene rings is 1. The Balaban J connectivity index is 2.28. The van der Waals surface area contributed by atoms with Gasteiger partial charge in [0.15, 0.2) is 5.75 Å². The van der Waals surface area contributed by atoms with E-state index in [9.17, 15) is 15.2 Å². The summed E-state index contributed by atoms with van der Waals surface area (Å²) in [7, 11) is 0. The van der Waals surface area contributed by atoms with Gasteiger partial charge in [-0.2, -0.15) is 0 Å². The summed E-state index contributed by atoms with van der Waals surface area (Å²) in [6, 6.07) is 4.87. The summed E-state index contributed by atoms with van der Waals surface area (Å²) in [6.07, 6.45) is 1.25. The molecule has 0 aliphatic carbocycles. The Morgan fingerprint density at radius 2 is 2.25 bits per heavy atom. The van der Waals surface area contributed by atoms with Crippen LogP contribution in [0.4, 0.5) is 11.4 Å². The van der Waals surface area contributed by atoms with Crippen molar-refractivity contribution in [3.05, 3.63) is 28.3 Å². The number of hydrogen-bond acceptors (Lipinski definition) is 5. The van der Waals surface area contributed by atoms with Gasteiger partial charge >= 0.3 is 5.69 Å². The topological polar surface area (TPSA) is 75.8 Å². The molecule has 0 aromatic heterocycles. The van der Waals surface area contributed by atoms with Gasteiger partial charge in [0.2, 0.25) is 0 Å². The molecule has 6 nitrogen and oxygen atoms in total. The minimum absolute atomic E-state index is 0.0278. The van der Waals surface area contributed by atoms with E-state index in [0.717, 1.165) is 25.1 Å². The van der Waals surface area contributed by atoms with Crippen LogP contribution >= 0.6 is 0 Å². The standard InChI is InChI=1S/C14H20N2O4/c1-10(2)20-14-8-11(5-6-13(14)16(18)19)15-7-3-4-12(17)9-15/h5-6,8,10,12,17H,3-4,7,9H2,1-2H3. The first-order chi connectivity index (χ1) is 9.47. The van der Waals surface area contributed by atoms with E-state index < -0.39 is 4.92 Å². The zero-order valence-electron chi connectivity index (χ0n) is 11.8. The van der Waals surface area contributed by atoms with Gasteiger partial charge in [-0.25, -0.2) is 0 Å². The van der Waals surface area contributed by atoms with E-state index in [1.807, 2.05) is 18.7 Å². The maximum absolute atomic E-state index is 11.0. The molecule has 2 rings (SSSR count). The number of nitro groups is 1. The average molecular weight is 280 g/mol. The van der Waals surface area contributed by atoms with Crippen molar-refractivity contribution in [1.29, 1.82) is 0 Å².